The lowest BCUT2D eigenvalue weighted by molar-refractivity contribution is -0.116. The van der Waals surface area contributed by atoms with Crippen molar-refractivity contribution < 1.29 is 14.7 Å². The average Bonchev–Trinajstić information content (AvgIpc) is 2.96. The lowest BCUT2D eigenvalue weighted by Gasteiger charge is -2.04. The number of anilines is 1. The molecule has 0 saturated carbocycles. The highest BCUT2D eigenvalue weighted by Gasteiger charge is 2.15. The van der Waals surface area contributed by atoms with E-state index in [1.807, 2.05) is 0 Å². The monoisotopic (exact) mass is 263 g/mol. The predicted octanol–water partition coefficient (Wildman–Crippen LogP) is 0.642. The number of H-pyrrole nitrogens is 1. The number of nitrogens with one attached hydrogen (secondary N) is 2. The molecule has 2 heterocycles. The summed E-state index contributed by atoms with van der Waals surface area (Å²) in [6.07, 6.45) is 3.08. The van der Waals surface area contributed by atoms with Gasteiger partial charge in [-0.2, -0.15) is 5.10 Å². The second-order valence-electron chi connectivity index (χ2n) is 4.00. The highest BCUT2D eigenvalue weighted by Crippen LogP contribution is 2.17. The van der Waals surface area contributed by atoms with Gasteiger partial charge in [-0.3, -0.25) is 9.48 Å². The molecule has 2 aromatic heterocycles. The van der Waals surface area contributed by atoms with E-state index >= 15 is 0 Å². The van der Waals surface area contributed by atoms with Crippen LogP contribution in [-0.2, 0) is 11.3 Å². The Balaban J connectivity index is 1.97. The SMILES string of the molecule is Cc1cc(NC(=O)CCn2cncn2)c(C(=O)O)[nH]1. The van der Waals surface area contributed by atoms with Gasteiger partial charge in [0.2, 0.25) is 5.91 Å². The normalized spacial score (nSPS) is 10.4. The van der Waals surface area contributed by atoms with Crippen LogP contribution in [0.4, 0.5) is 5.69 Å². The number of aromatic carboxylic acids is 1. The molecule has 0 saturated heterocycles. The van der Waals surface area contributed by atoms with E-state index in [-0.39, 0.29) is 23.7 Å². The molecule has 0 atom stereocenters. The van der Waals surface area contributed by atoms with E-state index in [0.717, 1.165) is 0 Å². The fraction of sp³-hybridized carbons (Fsp3) is 0.273. The molecule has 1 amide bonds. The van der Waals surface area contributed by atoms with Gasteiger partial charge >= 0.3 is 5.97 Å². The van der Waals surface area contributed by atoms with E-state index in [0.29, 0.717) is 12.2 Å². The fourth-order valence-electron chi connectivity index (χ4n) is 1.63. The number of carbonyl (C=O) groups is 2. The molecule has 8 nitrogen and oxygen atoms in total. The Morgan fingerprint density at radius 2 is 2.32 bits per heavy atom. The Morgan fingerprint density at radius 3 is 2.95 bits per heavy atom. The second kappa shape index (κ2) is 5.34. The van der Waals surface area contributed by atoms with Crippen LogP contribution < -0.4 is 5.32 Å². The van der Waals surface area contributed by atoms with Crippen LogP contribution in [0.15, 0.2) is 18.7 Å². The van der Waals surface area contributed by atoms with Crippen molar-refractivity contribution in [2.45, 2.75) is 19.9 Å². The minimum atomic E-state index is -1.11. The third-order valence-corrected chi connectivity index (χ3v) is 2.47. The summed E-state index contributed by atoms with van der Waals surface area (Å²) in [6.45, 7) is 2.11. The molecular formula is C11H13N5O3. The molecular weight excluding hydrogens is 250 g/mol. The van der Waals surface area contributed by atoms with Crippen LogP contribution in [0.1, 0.15) is 22.6 Å². The summed E-state index contributed by atoms with van der Waals surface area (Å²) in [6, 6.07) is 1.58. The van der Waals surface area contributed by atoms with Crippen LogP contribution in [0.5, 0.6) is 0 Å². The zero-order chi connectivity index (χ0) is 13.8. The number of aryl methyl sites for hydroxylation is 2. The Labute approximate surface area is 108 Å². The van der Waals surface area contributed by atoms with Gasteiger partial charge in [0.15, 0.2) is 0 Å². The molecule has 0 bridgehead atoms. The smallest absolute Gasteiger partial charge is 0.354 e. The molecule has 0 aliphatic carbocycles. The predicted molar refractivity (Wildman–Crippen MR) is 65.8 cm³/mol. The van der Waals surface area contributed by atoms with Crippen LogP contribution in [0.2, 0.25) is 0 Å². The molecule has 2 aromatic rings. The molecule has 0 aliphatic heterocycles. The summed E-state index contributed by atoms with van der Waals surface area (Å²) in [7, 11) is 0. The summed E-state index contributed by atoms with van der Waals surface area (Å²) in [5, 5.41) is 15.4. The standard InChI is InChI=1S/C11H13N5O3/c1-7-4-8(10(14-7)11(18)19)15-9(17)2-3-16-6-12-5-13-16/h4-6,14H,2-3H2,1H3,(H,15,17)(H,18,19). The molecule has 0 aromatic carbocycles. The van der Waals surface area contributed by atoms with E-state index in [4.69, 9.17) is 5.11 Å². The maximum Gasteiger partial charge on any atom is 0.354 e. The topological polar surface area (TPSA) is 113 Å². The first-order valence-corrected chi connectivity index (χ1v) is 5.61. The molecule has 0 fully saturated rings. The molecule has 3 N–H and O–H groups in total. The first-order chi connectivity index (χ1) is 9.06. The number of carboxylic acids is 1. The van der Waals surface area contributed by atoms with Crippen molar-refractivity contribution in [2.24, 2.45) is 0 Å². The number of rotatable bonds is 5. The van der Waals surface area contributed by atoms with E-state index < -0.39 is 5.97 Å². The largest absolute Gasteiger partial charge is 0.477 e. The number of amides is 1. The Hall–Kier alpha value is -2.64. The van der Waals surface area contributed by atoms with Crippen LogP contribution in [0.3, 0.4) is 0 Å². The van der Waals surface area contributed by atoms with E-state index in [9.17, 15) is 9.59 Å². The van der Waals surface area contributed by atoms with Crippen LogP contribution in [0.25, 0.3) is 0 Å². The molecule has 100 valence electrons. The molecule has 0 spiro atoms. The number of aromatic amines is 1. The maximum atomic E-state index is 11.7. The number of hydrogen-bond acceptors (Lipinski definition) is 4. The number of nitrogens with zero attached hydrogens (tertiary/aromatic N) is 3. The van der Waals surface area contributed by atoms with Crippen molar-refractivity contribution in [3.05, 3.63) is 30.1 Å². The van der Waals surface area contributed by atoms with Crippen molar-refractivity contribution >= 4 is 17.6 Å². The molecule has 0 radical (unpaired) electrons. The van der Waals surface area contributed by atoms with Gasteiger partial charge in [-0.25, -0.2) is 9.78 Å². The van der Waals surface area contributed by atoms with Crippen molar-refractivity contribution in [3.8, 4) is 0 Å². The minimum Gasteiger partial charge on any atom is -0.477 e. The molecule has 0 unspecified atom stereocenters. The zero-order valence-electron chi connectivity index (χ0n) is 10.3. The highest BCUT2D eigenvalue weighted by molar-refractivity contribution is 5.99. The number of hydrogen-bond donors (Lipinski definition) is 3. The van der Waals surface area contributed by atoms with Gasteiger partial charge in [0, 0.05) is 12.1 Å². The lowest BCUT2D eigenvalue weighted by Crippen LogP contribution is -2.16. The molecule has 8 heteroatoms. The van der Waals surface area contributed by atoms with Crippen LogP contribution in [-0.4, -0.2) is 36.7 Å². The fourth-order valence-corrected chi connectivity index (χ4v) is 1.63. The molecule has 2 rings (SSSR count). The Kier molecular flexibility index (Phi) is 3.60. The van der Waals surface area contributed by atoms with E-state index in [1.54, 1.807) is 13.0 Å². The van der Waals surface area contributed by atoms with Crippen LogP contribution in [0, 0.1) is 6.92 Å². The zero-order valence-corrected chi connectivity index (χ0v) is 10.3. The second-order valence-corrected chi connectivity index (χ2v) is 4.00. The van der Waals surface area contributed by atoms with Crippen molar-refractivity contribution in [2.75, 3.05) is 5.32 Å². The molecule has 0 aliphatic rings. The number of carboxylic acid groups (broad SMARTS) is 1. The highest BCUT2D eigenvalue weighted by atomic mass is 16.4. The van der Waals surface area contributed by atoms with Crippen molar-refractivity contribution in [3.63, 3.8) is 0 Å². The maximum absolute atomic E-state index is 11.7. The van der Waals surface area contributed by atoms with Gasteiger partial charge in [0.1, 0.15) is 18.3 Å². The Bertz CT molecular complexity index is 588. The summed E-state index contributed by atoms with van der Waals surface area (Å²) in [4.78, 5) is 29.1. The summed E-state index contributed by atoms with van der Waals surface area (Å²) in [5.74, 6) is -1.39. The lowest BCUT2D eigenvalue weighted by atomic mass is 10.3. The third kappa shape index (κ3) is 3.18. The van der Waals surface area contributed by atoms with Crippen molar-refractivity contribution in [1.29, 1.82) is 0 Å². The average molecular weight is 263 g/mol. The summed E-state index contributed by atoms with van der Waals surface area (Å²) < 4.78 is 1.53. The minimum absolute atomic E-state index is 0.0217. The Morgan fingerprint density at radius 1 is 1.53 bits per heavy atom. The number of aromatic nitrogens is 4. The quantitative estimate of drug-likeness (QED) is 0.732. The number of carbonyl (C=O) groups excluding carboxylic acids is 1. The van der Waals surface area contributed by atoms with Gasteiger partial charge < -0.3 is 15.4 Å². The summed E-state index contributed by atoms with van der Waals surface area (Å²) in [5.41, 5.74) is 0.921. The van der Waals surface area contributed by atoms with Gasteiger partial charge in [0.05, 0.1) is 12.2 Å². The van der Waals surface area contributed by atoms with E-state index in [1.165, 1.54) is 17.3 Å². The third-order valence-electron chi connectivity index (χ3n) is 2.47. The van der Waals surface area contributed by atoms with Gasteiger partial charge in [-0.1, -0.05) is 0 Å². The first-order valence-electron chi connectivity index (χ1n) is 5.61. The first kappa shape index (κ1) is 12.8. The van der Waals surface area contributed by atoms with Gasteiger partial charge in [-0.15, -0.1) is 0 Å². The van der Waals surface area contributed by atoms with E-state index in [2.05, 4.69) is 20.4 Å². The van der Waals surface area contributed by atoms with Crippen molar-refractivity contribution in [1.82, 2.24) is 19.7 Å². The summed E-state index contributed by atoms with van der Waals surface area (Å²) >= 11 is 0. The van der Waals surface area contributed by atoms with Crippen LogP contribution >= 0.6 is 0 Å². The molecule has 19 heavy (non-hydrogen) atoms. The van der Waals surface area contributed by atoms with Gasteiger partial charge in [-0.05, 0) is 13.0 Å². The van der Waals surface area contributed by atoms with Gasteiger partial charge in [0.25, 0.3) is 0 Å².